The summed E-state index contributed by atoms with van der Waals surface area (Å²) in [6.45, 7) is 4.10. The molecule has 15 heavy (non-hydrogen) atoms. The summed E-state index contributed by atoms with van der Waals surface area (Å²) in [6.07, 6.45) is 4.13. The first-order valence-corrected chi connectivity index (χ1v) is 5.40. The van der Waals surface area contributed by atoms with Crippen molar-refractivity contribution in [2.24, 2.45) is 4.99 Å². The summed E-state index contributed by atoms with van der Waals surface area (Å²) in [5, 5.41) is 0.791. The Balaban J connectivity index is 2.34. The maximum Gasteiger partial charge on any atom is 0.0619 e. The summed E-state index contributed by atoms with van der Waals surface area (Å²) in [4.78, 5) is 4.52. The van der Waals surface area contributed by atoms with Crippen molar-refractivity contribution >= 4 is 17.3 Å². The molecule has 1 nitrogen and oxygen atoms in total. The van der Waals surface area contributed by atoms with E-state index in [4.69, 9.17) is 11.6 Å². The maximum atomic E-state index is 6.16. The molecule has 0 aromatic heterocycles. The summed E-state index contributed by atoms with van der Waals surface area (Å²) in [5.41, 5.74) is 2.15. The van der Waals surface area contributed by atoms with Gasteiger partial charge in [0.15, 0.2) is 0 Å². The lowest BCUT2D eigenvalue weighted by atomic mass is 9.90. The Kier molecular flexibility index (Phi) is 2.92. The molecule has 2 heteroatoms. The molecule has 2 rings (SSSR count). The van der Waals surface area contributed by atoms with Crippen molar-refractivity contribution in [2.45, 2.75) is 19.9 Å². The first kappa shape index (κ1) is 10.4. The highest BCUT2D eigenvalue weighted by atomic mass is 35.5. The quantitative estimate of drug-likeness (QED) is 0.682. The van der Waals surface area contributed by atoms with E-state index in [1.54, 1.807) is 0 Å². The number of allylic oxidation sites excluding steroid dienone is 1. The summed E-state index contributed by atoms with van der Waals surface area (Å²) in [7, 11) is 0. The van der Waals surface area contributed by atoms with E-state index in [0.717, 1.165) is 16.3 Å². The van der Waals surface area contributed by atoms with E-state index in [1.807, 2.05) is 37.3 Å². The van der Waals surface area contributed by atoms with Gasteiger partial charge in [0.05, 0.1) is 12.0 Å². The van der Waals surface area contributed by atoms with Crippen molar-refractivity contribution in [2.75, 3.05) is 0 Å². The molecule has 1 aromatic carbocycles. The summed E-state index contributed by atoms with van der Waals surface area (Å²) in [5.74, 6) is 1.19. The highest BCUT2D eigenvalue weighted by Gasteiger charge is 2.21. The van der Waals surface area contributed by atoms with Gasteiger partial charge in [-0.1, -0.05) is 35.9 Å². The molecule has 0 fully saturated rings. The number of hydrogen-bond donors (Lipinski definition) is 0. The van der Waals surface area contributed by atoms with Gasteiger partial charge in [-0.25, -0.2) is 0 Å². The number of rotatable bonds is 1. The monoisotopic (exact) mass is 218 g/mol. The van der Waals surface area contributed by atoms with Crippen LogP contribution in [0, 0.1) is 5.92 Å². The molecule has 0 N–H and O–H groups in total. The second-order valence-electron chi connectivity index (χ2n) is 3.71. The van der Waals surface area contributed by atoms with Crippen molar-refractivity contribution < 1.29 is 0 Å². The zero-order valence-electron chi connectivity index (χ0n) is 8.87. The second-order valence-corrected chi connectivity index (χ2v) is 4.12. The number of hydrogen-bond acceptors (Lipinski definition) is 1. The van der Waals surface area contributed by atoms with Gasteiger partial charge in [0.1, 0.15) is 0 Å². The molecule has 0 spiro atoms. The van der Waals surface area contributed by atoms with Gasteiger partial charge < -0.3 is 0 Å². The molecule has 0 saturated heterocycles. The van der Waals surface area contributed by atoms with Crippen molar-refractivity contribution in [3.8, 4) is 0 Å². The average molecular weight is 219 g/mol. The van der Waals surface area contributed by atoms with Gasteiger partial charge in [-0.3, -0.25) is 4.99 Å². The van der Waals surface area contributed by atoms with E-state index in [0.29, 0.717) is 0 Å². The number of benzene rings is 1. The fourth-order valence-electron chi connectivity index (χ4n) is 1.78. The molecule has 1 aliphatic heterocycles. The lowest BCUT2D eigenvalue weighted by Crippen LogP contribution is -2.17. The van der Waals surface area contributed by atoms with Crippen LogP contribution in [0.25, 0.3) is 0 Å². The number of nitrogens with zero attached hydrogens (tertiary/aromatic N) is 1. The lowest BCUT2D eigenvalue weighted by molar-refractivity contribution is 0.805. The third-order valence-corrected chi connectivity index (χ3v) is 2.87. The van der Waals surface area contributed by atoms with Gasteiger partial charge in [0.2, 0.25) is 0 Å². The first-order valence-electron chi connectivity index (χ1n) is 5.02. The second kappa shape index (κ2) is 4.19. The number of halogens is 1. The van der Waals surface area contributed by atoms with Crippen LogP contribution in [-0.4, -0.2) is 11.8 Å². The fraction of sp³-hybridized carbons (Fsp3) is 0.231. The van der Waals surface area contributed by atoms with E-state index in [2.05, 4.69) is 18.0 Å². The molecule has 1 radical (unpaired) electrons. The van der Waals surface area contributed by atoms with Crippen LogP contribution >= 0.6 is 11.6 Å². The lowest BCUT2D eigenvalue weighted by Gasteiger charge is -2.21. The smallest absolute Gasteiger partial charge is 0.0619 e. The Morgan fingerprint density at radius 1 is 1.20 bits per heavy atom. The molecule has 0 amide bonds. The Labute approximate surface area is 95.5 Å². The third-order valence-electron chi connectivity index (χ3n) is 2.54. The van der Waals surface area contributed by atoms with E-state index >= 15 is 0 Å². The zero-order valence-corrected chi connectivity index (χ0v) is 9.62. The van der Waals surface area contributed by atoms with Gasteiger partial charge in [0.25, 0.3) is 0 Å². The van der Waals surface area contributed by atoms with E-state index in [9.17, 15) is 0 Å². The van der Waals surface area contributed by atoms with E-state index in [1.165, 1.54) is 5.92 Å². The van der Waals surface area contributed by atoms with Gasteiger partial charge in [-0.15, -0.1) is 0 Å². The summed E-state index contributed by atoms with van der Waals surface area (Å²) >= 11 is 6.16. The molecule has 1 aromatic rings. The van der Waals surface area contributed by atoms with E-state index in [-0.39, 0.29) is 6.04 Å². The first-order chi connectivity index (χ1) is 7.18. The van der Waals surface area contributed by atoms with Crippen molar-refractivity contribution in [1.82, 2.24) is 0 Å². The van der Waals surface area contributed by atoms with Gasteiger partial charge in [-0.2, -0.15) is 0 Å². The van der Waals surface area contributed by atoms with Crippen LogP contribution in [0.4, 0.5) is 0 Å². The minimum absolute atomic E-state index is 0.190. The van der Waals surface area contributed by atoms with Crippen LogP contribution in [-0.2, 0) is 0 Å². The third kappa shape index (κ3) is 2.13. The largest absolute Gasteiger partial charge is 0.286 e. The Bertz CT molecular complexity index is 420. The van der Waals surface area contributed by atoms with Crippen LogP contribution in [0.3, 0.4) is 0 Å². The van der Waals surface area contributed by atoms with Gasteiger partial charge >= 0.3 is 0 Å². The summed E-state index contributed by atoms with van der Waals surface area (Å²) < 4.78 is 0. The predicted octanol–water partition coefficient (Wildman–Crippen LogP) is 3.68. The van der Waals surface area contributed by atoms with Crippen LogP contribution in [0.2, 0.25) is 5.02 Å². The topological polar surface area (TPSA) is 12.4 Å². The number of aliphatic imine (C=N–C) groups is 1. The van der Waals surface area contributed by atoms with Crippen LogP contribution in [0.15, 0.2) is 41.4 Å². The molecule has 0 saturated carbocycles. The normalized spacial score (nSPS) is 21.5. The molecule has 1 heterocycles. The fourth-order valence-corrected chi connectivity index (χ4v) is 2.02. The van der Waals surface area contributed by atoms with Gasteiger partial charge in [0, 0.05) is 10.7 Å². The molecule has 1 atom stereocenters. The molecule has 0 bridgehead atoms. The van der Waals surface area contributed by atoms with Crippen molar-refractivity contribution in [3.05, 3.63) is 52.9 Å². The van der Waals surface area contributed by atoms with Crippen LogP contribution in [0.5, 0.6) is 0 Å². The maximum absolute atomic E-state index is 6.16. The average Bonchev–Trinajstić information content (AvgIpc) is 2.20. The SMILES string of the molecule is CC1=NC(C)[C](c2ccccc2Cl)C=C1. The zero-order chi connectivity index (χ0) is 10.8. The van der Waals surface area contributed by atoms with Crippen molar-refractivity contribution in [1.29, 1.82) is 0 Å². The van der Waals surface area contributed by atoms with Crippen LogP contribution < -0.4 is 0 Å². The summed E-state index contributed by atoms with van der Waals surface area (Å²) in [6, 6.07) is 8.08. The minimum Gasteiger partial charge on any atom is -0.286 e. The highest BCUT2D eigenvalue weighted by molar-refractivity contribution is 6.31. The molecule has 1 unspecified atom stereocenters. The molecule has 77 valence electrons. The molecular formula is C13H13ClN. The molecular weight excluding hydrogens is 206 g/mol. The van der Waals surface area contributed by atoms with Crippen molar-refractivity contribution in [3.63, 3.8) is 0 Å². The molecule has 0 aliphatic carbocycles. The Hall–Kier alpha value is -1.08. The predicted molar refractivity (Wildman–Crippen MR) is 65.5 cm³/mol. The standard InChI is InChI=1S/C13H13ClN/c1-9-7-8-11(10(2)15-9)12-5-3-4-6-13(12)14/h3-8,10H,1-2H3. The van der Waals surface area contributed by atoms with E-state index < -0.39 is 0 Å². The number of dihydropyridines is 1. The van der Waals surface area contributed by atoms with Gasteiger partial charge in [-0.05, 0) is 31.6 Å². The molecule has 1 aliphatic rings. The Morgan fingerprint density at radius 3 is 2.60 bits per heavy atom. The Morgan fingerprint density at radius 2 is 1.93 bits per heavy atom. The van der Waals surface area contributed by atoms with Crippen LogP contribution in [0.1, 0.15) is 19.4 Å². The minimum atomic E-state index is 0.190. The highest BCUT2D eigenvalue weighted by Crippen LogP contribution is 2.30.